The number of benzene rings is 2. The Hall–Kier alpha value is -2.27. The largest absolute Gasteiger partial charge is 0.467 e. The van der Waals surface area contributed by atoms with Gasteiger partial charge in [0.25, 0.3) is 5.91 Å². The Kier molecular flexibility index (Phi) is 3.20. The monoisotopic (exact) mass is 325 g/mol. The Morgan fingerprint density at radius 1 is 1.17 bits per heavy atom. The topological polar surface area (TPSA) is 46.6 Å². The van der Waals surface area contributed by atoms with E-state index >= 15 is 0 Å². The zero-order valence-electron chi connectivity index (χ0n) is 12.6. The van der Waals surface area contributed by atoms with Crippen LogP contribution in [0, 0.1) is 0 Å². The molecule has 4 nitrogen and oxygen atoms in total. The molecule has 2 heterocycles. The number of esters is 1. The average molecular weight is 325 g/mol. The van der Waals surface area contributed by atoms with Crippen molar-refractivity contribution >= 4 is 23.6 Å². The van der Waals surface area contributed by atoms with Crippen molar-refractivity contribution < 1.29 is 14.3 Å². The van der Waals surface area contributed by atoms with Gasteiger partial charge in [-0.1, -0.05) is 48.5 Å². The molecular weight excluding hydrogens is 310 g/mol. The number of thioether (sulfide) groups is 1. The highest BCUT2D eigenvalue weighted by molar-refractivity contribution is 8.00. The fourth-order valence-electron chi connectivity index (χ4n) is 3.50. The number of methoxy groups -OCH3 is 1. The van der Waals surface area contributed by atoms with Gasteiger partial charge < -0.3 is 9.64 Å². The van der Waals surface area contributed by atoms with Crippen molar-refractivity contribution in [2.75, 3.05) is 12.9 Å². The van der Waals surface area contributed by atoms with Crippen molar-refractivity contribution in [2.45, 2.75) is 10.9 Å². The van der Waals surface area contributed by atoms with Crippen molar-refractivity contribution in [2.24, 2.45) is 0 Å². The predicted molar refractivity (Wildman–Crippen MR) is 88.1 cm³/mol. The summed E-state index contributed by atoms with van der Waals surface area (Å²) in [5.74, 6) is 0.0584. The molecular formula is C18H15NO3S. The standard InChI is InChI=1S/C18H15NO3S/c1-22-17(21)15-11-23-18(12-7-3-2-4-8-12)14-10-6-5-9-13(14)16(20)19(15)18/h2-10,15H,11H2,1H3/t15-,18+/m0/s1. The lowest BCUT2D eigenvalue weighted by atomic mass is 9.97. The zero-order valence-corrected chi connectivity index (χ0v) is 13.4. The number of fused-ring (bicyclic) bond motifs is 3. The molecule has 2 aliphatic rings. The van der Waals surface area contributed by atoms with Crippen LogP contribution in [0.3, 0.4) is 0 Å². The van der Waals surface area contributed by atoms with Gasteiger partial charge in [0.15, 0.2) is 0 Å². The molecule has 0 aromatic heterocycles. The normalized spacial score (nSPS) is 25.2. The van der Waals surface area contributed by atoms with Gasteiger partial charge in [-0.2, -0.15) is 0 Å². The van der Waals surface area contributed by atoms with Gasteiger partial charge in [-0.3, -0.25) is 4.79 Å². The molecule has 116 valence electrons. The minimum absolute atomic E-state index is 0.107. The molecule has 1 saturated heterocycles. The van der Waals surface area contributed by atoms with Crippen LogP contribution in [0.4, 0.5) is 0 Å². The summed E-state index contributed by atoms with van der Waals surface area (Å²) in [6.45, 7) is 0. The van der Waals surface area contributed by atoms with Crippen LogP contribution in [-0.4, -0.2) is 35.7 Å². The van der Waals surface area contributed by atoms with Gasteiger partial charge in [-0.05, 0) is 11.6 Å². The highest BCUT2D eigenvalue weighted by Gasteiger charge is 2.59. The Morgan fingerprint density at radius 3 is 2.61 bits per heavy atom. The molecule has 0 radical (unpaired) electrons. The Balaban J connectivity index is 1.96. The van der Waals surface area contributed by atoms with Crippen molar-refractivity contribution in [1.29, 1.82) is 0 Å². The van der Waals surface area contributed by atoms with Gasteiger partial charge in [0.1, 0.15) is 10.9 Å². The van der Waals surface area contributed by atoms with Gasteiger partial charge in [0.2, 0.25) is 0 Å². The van der Waals surface area contributed by atoms with Crippen molar-refractivity contribution in [3.8, 4) is 0 Å². The molecule has 2 aromatic carbocycles. The molecule has 4 rings (SSSR count). The number of carbonyl (C=O) groups excluding carboxylic acids is 2. The van der Waals surface area contributed by atoms with Crippen molar-refractivity contribution in [3.05, 3.63) is 71.3 Å². The van der Waals surface area contributed by atoms with E-state index in [1.54, 1.807) is 16.7 Å². The van der Waals surface area contributed by atoms with Gasteiger partial charge in [0, 0.05) is 16.9 Å². The van der Waals surface area contributed by atoms with Crippen LogP contribution in [0.15, 0.2) is 54.6 Å². The van der Waals surface area contributed by atoms with Gasteiger partial charge in [-0.25, -0.2) is 4.79 Å². The molecule has 0 unspecified atom stereocenters. The van der Waals surface area contributed by atoms with E-state index in [1.807, 2.05) is 54.6 Å². The summed E-state index contributed by atoms with van der Waals surface area (Å²) in [6.07, 6.45) is 0. The van der Waals surface area contributed by atoms with Crippen LogP contribution in [0.25, 0.3) is 0 Å². The van der Waals surface area contributed by atoms with Gasteiger partial charge >= 0.3 is 5.97 Å². The first-order valence-corrected chi connectivity index (χ1v) is 8.39. The second-order valence-corrected chi connectivity index (χ2v) is 6.79. The molecule has 1 fully saturated rings. The lowest BCUT2D eigenvalue weighted by Gasteiger charge is -2.34. The summed E-state index contributed by atoms with van der Waals surface area (Å²) >= 11 is 1.62. The van der Waals surface area contributed by atoms with Crippen LogP contribution in [0.2, 0.25) is 0 Å². The van der Waals surface area contributed by atoms with Crippen LogP contribution in [-0.2, 0) is 14.4 Å². The zero-order chi connectivity index (χ0) is 16.0. The van der Waals surface area contributed by atoms with Gasteiger partial charge in [-0.15, -0.1) is 11.8 Å². The Morgan fingerprint density at radius 2 is 1.87 bits per heavy atom. The molecule has 2 aromatic rings. The molecule has 2 atom stereocenters. The third-order valence-corrected chi connectivity index (χ3v) is 6.03. The van der Waals surface area contributed by atoms with E-state index < -0.39 is 10.9 Å². The smallest absolute Gasteiger partial charge is 0.329 e. The summed E-state index contributed by atoms with van der Waals surface area (Å²) in [5, 5.41) is 0. The molecule has 1 amide bonds. The lowest BCUT2D eigenvalue weighted by molar-refractivity contribution is -0.145. The second kappa shape index (κ2) is 5.13. The first kappa shape index (κ1) is 14.3. The van der Waals surface area contributed by atoms with E-state index in [9.17, 15) is 9.59 Å². The fourth-order valence-corrected chi connectivity index (χ4v) is 5.17. The van der Waals surface area contributed by atoms with Crippen LogP contribution >= 0.6 is 11.8 Å². The maximum atomic E-state index is 13.0. The number of amides is 1. The molecule has 2 aliphatic heterocycles. The summed E-state index contributed by atoms with van der Waals surface area (Å²) < 4.78 is 4.92. The lowest BCUT2D eigenvalue weighted by Crippen LogP contribution is -2.47. The minimum atomic E-state index is -0.645. The maximum Gasteiger partial charge on any atom is 0.329 e. The highest BCUT2D eigenvalue weighted by Crippen LogP contribution is 2.57. The summed E-state index contributed by atoms with van der Waals surface area (Å²) in [7, 11) is 1.36. The molecule has 0 spiro atoms. The number of carbonyl (C=O) groups is 2. The van der Waals surface area contributed by atoms with Crippen molar-refractivity contribution in [3.63, 3.8) is 0 Å². The quantitative estimate of drug-likeness (QED) is 0.797. The van der Waals surface area contributed by atoms with E-state index in [4.69, 9.17) is 4.74 Å². The number of rotatable bonds is 2. The van der Waals surface area contributed by atoms with Crippen LogP contribution in [0.5, 0.6) is 0 Å². The summed E-state index contributed by atoms with van der Waals surface area (Å²) in [5.41, 5.74) is 2.62. The Bertz CT molecular complexity index is 792. The third-order valence-electron chi connectivity index (χ3n) is 4.48. The van der Waals surface area contributed by atoms with E-state index in [0.717, 1.165) is 11.1 Å². The van der Waals surface area contributed by atoms with Gasteiger partial charge in [0.05, 0.1) is 7.11 Å². The predicted octanol–water partition coefficient (Wildman–Crippen LogP) is 2.63. The molecule has 0 saturated carbocycles. The molecule has 0 aliphatic carbocycles. The number of hydrogen-bond acceptors (Lipinski definition) is 4. The summed E-state index contributed by atoms with van der Waals surface area (Å²) in [4.78, 5) is 26.2. The fraction of sp³-hybridized carbons (Fsp3) is 0.222. The number of hydrogen-bond donors (Lipinski definition) is 0. The second-order valence-electron chi connectivity index (χ2n) is 5.58. The highest BCUT2D eigenvalue weighted by atomic mass is 32.2. The van der Waals surface area contributed by atoms with Crippen LogP contribution < -0.4 is 0 Å². The minimum Gasteiger partial charge on any atom is -0.467 e. The molecule has 0 N–H and O–H groups in total. The van der Waals surface area contributed by atoms with Crippen LogP contribution in [0.1, 0.15) is 21.5 Å². The average Bonchev–Trinajstić information content (AvgIpc) is 3.12. The maximum absolute atomic E-state index is 13.0. The molecule has 23 heavy (non-hydrogen) atoms. The van der Waals surface area contributed by atoms with E-state index in [0.29, 0.717) is 11.3 Å². The molecule has 0 bridgehead atoms. The van der Waals surface area contributed by atoms with Crippen molar-refractivity contribution in [1.82, 2.24) is 4.90 Å². The third kappa shape index (κ3) is 1.80. The number of ether oxygens (including phenoxy) is 1. The first-order valence-electron chi connectivity index (χ1n) is 7.40. The Labute approximate surface area is 138 Å². The SMILES string of the molecule is COC(=O)[C@@H]1CS[C@]2(c3ccccc3)c3ccccc3C(=O)N12. The summed E-state index contributed by atoms with van der Waals surface area (Å²) in [6, 6.07) is 16.9. The van der Waals surface area contributed by atoms with E-state index in [-0.39, 0.29) is 11.9 Å². The number of nitrogens with zero attached hydrogens (tertiary/aromatic N) is 1. The molecule has 5 heteroatoms. The first-order chi connectivity index (χ1) is 11.2. The van der Waals surface area contributed by atoms with E-state index in [2.05, 4.69) is 0 Å². The van der Waals surface area contributed by atoms with E-state index in [1.165, 1.54) is 7.11 Å².